The lowest BCUT2D eigenvalue weighted by Gasteiger charge is -2.28. The Morgan fingerprint density at radius 3 is 2.62 bits per heavy atom. The Kier molecular flexibility index (Phi) is 5.97. The van der Waals surface area contributed by atoms with E-state index in [0.29, 0.717) is 6.42 Å². The zero-order valence-electron chi connectivity index (χ0n) is 13.4. The van der Waals surface area contributed by atoms with E-state index in [1.165, 1.54) is 0 Å². The highest BCUT2D eigenvalue weighted by Crippen LogP contribution is 2.23. The normalized spacial score (nSPS) is 12.6. The van der Waals surface area contributed by atoms with Gasteiger partial charge in [-0.15, -0.1) is 0 Å². The second kappa shape index (κ2) is 7.27. The van der Waals surface area contributed by atoms with Crippen LogP contribution in [0.2, 0.25) is 0 Å². The van der Waals surface area contributed by atoms with E-state index in [4.69, 9.17) is 5.11 Å². The molecule has 2 amide bonds. The van der Waals surface area contributed by atoms with Crippen molar-refractivity contribution in [3.05, 3.63) is 42.0 Å². The molecule has 0 saturated heterocycles. The van der Waals surface area contributed by atoms with Crippen LogP contribution in [0.4, 0.5) is 4.79 Å². The molecular formula is C17H26N2O2. The van der Waals surface area contributed by atoms with Gasteiger partial charge in [-0.1, -0.05) is 37.3 Å². The molecule has 0 heterocycles. The number of aliphatic hydroxyl groups is 1. The molecule has 0 unspecified atom stereocenters. The Balaban J connectivity index is 2.83. The van der Waals surface area contributed by atoms with Crippen LogP contribution >= 0.6 is 0 Å². The van der Waals surface area contributed by atoms with E-state index >= 15 is 0 Å². The van der Waals surface area contributed by atoms with Gasteiger partial charge in [0.05, 0.1) is 18.2 Å². The van der Waals surface area contributed by atoms with E-state index in [2.05, 4.69) is 17.2 Å². The highest BCUT2D eigenvalue weighted by atomic mass is 16.3. The van der Waals surface area contributed by atoms with Gasteiger partial charge in [0, 0.05) is 0 Å². The van der Waals surface area contributed by atoms with Crippen LogP contribution in [0, 0.1) is 0 Å². The van der Waals surface area contributed by atoms with Crippen molar-refractivity contribution in [1.29, 1.82) is 0 Å². The number of benzene rings is 1. The van der Waals surface area contributed by atoms with Crippen LogP contribution in [0.1, 0.15) is 45.2 Å². The van der Waals surface area contributed by atoms with Gasteiger partial charge in [0.1, 0.15) is 0 Å². The molecule has 4 nitrogen and oxygen atoms in total. The minimum Gasteiger partial charge on any atom is -0.394 e. The van der Waals surface area contributed by atoms with E-state index < -0.39 is 5.54 Å². The number of nitrogens with one attached hydrogen (secondary N) is 2. The maximum atomic E-state index is 12.0. The first-order valence-electron chi connectivity index (χ1n) is 7.26. The van der Waals surface area contributed by atoms with Gasteiger partial charge in [-0.2, -0.15) is 0 Å². The third kappa shape index (κ3) is 4.90. The number of hydrogen-bond donors (Lipinski definition) is 3. The summed E-state index contributed by atoms with van der Waals surface area (Å²) in [7, 11) is 0. The summed E-state index contributed by atoms with van der Waals surface area (Å²) in [6.07, 6.45) is 0.690. The highest BCUT2D eigenvalue weighted by molar-refractivity contribution is 5.75. The number of amides is 2. The molecule has 0 spiro atoms. The molecule has 21 heavy (non-hydrogen) atoms. The number of aliphatic hydroxyl groups excluding tert-OH is 1. The Hall–Kier alpha value is -1.81. The number of carbonyl (C=O) groups excluding carboxylic acids is 1. The summed E-state index contributed by atoms with van der Waals surface area (Å²) in [4.78, 5) is 12.0. The summed E-state index contributed by atoms with van der Waals surface area (Å²) in [6, 6.07) is 7.48. The summed E-state index contributed by atoms with van der Waals surface area (Å²) in [5, 5.41) is 14.8. The van der Waals surface area contributed by atoms with Gasteiger partial charge in [-0.05, 0) is 44.4 Å². The minimum absolute atomic E-state index is 0.0600. The maximum absolute atomic E-state index is 12.0. The zero-order valence-corrected chi connectivity index (χ0v) is 13.4. The largest absolute Gasteiger partial charge is 0.394 e. The summed E-state index contributed by atoms with van der Waals surface area (Å²) < 4.78 is 0. The van der Waals surface area contributed by atoms with E-state index in [9.17, 15) is 4.79 Å². The first-order valence-corrected chi connectivity index (χ1v) is 7.26. The van der Waals surface area contributed by atoms with Gasteiger partial charge in [0.25, 0.3) is 0 Å². The van der Waals surface area contributed by atoms with Gasteiger partial charge < -0.3 is 15.7 Å². The van der Waals surface area contributed by atoms with Crippen molar-refractivity contribution < 1.29 is 9.90 Å². The van der Waals surface area contributed by atoms with Crippen LogP contribution in [0.25, 0.3) is 5.57 Å². The minimum atomic E-state index is -0.511. The fraction of sp³-hybridized carbons (Fsp3) is 0.471. The van der Waals surface area contributed by atoms with E-state index in [1.54, 1.807) is 0 Å². The predicted molar refractivity (Wildman–Crippen MR) is 87.0 cm³/mol. The summed E-state index contributed by atoms with van der Waals surface area (Å²) in [6.45, 7) is 11.7. The van der Waals surface area contributed by atoms with Gasteiger partial charge in [-0.25, -0.2) is 4.79 Å². The molecule has 0 aliphatic carbocycles. The van der Waals surface area contributed by atoms with Crippen LogP contribution in [0.5, 0.6) is 0 Å². The molecule has 1 aromatic rings. The second-order valence-electron chi connectivity index (χ2n) is 5.87. The Labute approximate surface area is 127 Å². The first kappa shape index (κ1) is 17.2. The predicted octanol–water partition coefficient (Wildman–Crippen LogP) is 3.02. The fourth-order valence-electron chi connectivity index (χ4n) is 2.03. The molecule has 3 N–H and O–H groups in total. The Morgan fingerprint density at radius 1 is 1.43 bits per heavy atom. The lowest BCUT2D eigenvalue weighted by molar-refractivity contribution is 0.207. The molecule has 0 aliphatic rings. The molecule has 0 aromatic heterocycles. The van der Waals surface area contributed by atoms with Crippen LogP contribution in [0.3, 0.4) is 0 Å². The molecular weight excluding hydrogens is 264 g/mol. The smallest absolute Gasteiger partial charge is 0.315 e. The molecule has 1 rings (SSSR count). The molecule has 1 aromatic carbocycles. The zero-order chi connectivity index (χ0) is 16.0. The molecule has 0 bridgehead atoms. The van der Waals surface area contributed by atoms with Gasteiger partial charge in [-0.3, -0.25) is 0 Å². The van der Waals surface area contributed by atoms with Crippen molar-refractivity contribution in [2.45, 2.75) is 45.7 Å². The van der Waals surface area contributed by atoms with Crippen molar-refractivity contribution in [2.75, 3.05) is 6.61 Å². The average Bonchev–Trinajstić information content (AvgIpc) is 2.44. The SMILES string of the molecule is C=C(C)c1cccc(C(C)(C)NC(=O)N[C@H](CC)CO)c1. The van der Waals surface area contributed by atoms with Gasteiger partial charge in [0.15, 0.2) is 0 Å². The van der Waals surface area contributed by atoms with E-state index in [0.717, 1.165) is 16.7 Å². The summed E-state index contributed by atoms with van der Waals surface area (Å²) in [5.74, 6) is 0. The van der Waals surface area contributed by atoms with Crippen molar-refractivity contribution >= 4 is 11.6 Å². The van der Waals surface area contributed by atoms with E-state index in [1.807, 2.05) is 52.0 Å². The monoisotopic (exact) mass is 290 g/mol. The Morgan fingerprint density at radius 2 is 2.10 bits per heavy atom. The highest BCUT2D eigenvalue weighted by Gasteiger charge is 2.24. The van der Waals surface area contributed by atoms with Crippen LogP contribution < -0.4 is 10.6 Å². The van der Waals surface area contributed by atoms with Crippen molar-refractivity contribution in [3.63, 3.8) is 0 Å². The number of hydrogen-bond acceptors (Lipinski definition) is 2. The fourth-order valence-corrected chi connectivity index (χ4v) is 2.03. The van der Waals surface area contributed by atoms with E-state index in [-0.39, 0.29) is 18.7 Å². The molecule has 116 valence electrons. The van der Waals surface area contributed by atoms with Crippen LogP contribution in [-0.2, 0) is 5.54 Å². The molecule has 1 atom stereocenters. The summed E-state index contributed by atoms with van der Waals surface area (Å²) >= 11 is 0. The number of rotatable bonds is 6. The Bertz CT molecular complexity index is 505. The lowest BCUT2D eigenvalue weighted by atomic mass is 9.92. The number of allylic oxidation sites excluding steroid dienone is 1. The first-order chi connectivity index (χ1) is 9.80. The lowest BCUT2D eigenvalue weighted by Crippen LogP contribution is -2.50. The second-order valence-corrected chi connectivity index (χ2v) is 5.87. The third-order valence-electron chi connectivity index (χ3n) is 3.55. The van der Waals surface area contributed by atoms with Crippen molar-refractivity contribution in [1.82, 2.24) is 10.6 Å². The van der Waals surface area contributed by atoms with Crippen molar-refractivity contribution in [2.24, 2.45) is 0 Å². The van der Waals surface area contributed by atoms with Crippen LogP contribution in [0.15, 0.2) is 30.8 Å². The number of urea groups is 1. The molecule has 0 radical (unpaired) electrons. The van der Waals surface area contributed by atoms with Gasteiger partial charge >= 0.3 is 6.03 Å². The molecule has 0 saturated carbocycles. The van der Waals surface area contributed by atoms with Crippen LogP contribution in [-0.4, -0.2) is 23.8 Å². The quantitative estimate of drug-likeness (QED) is 0.754. The summed E-state index contributed by atoms with van der Waals surface area (Å²) in [5.41, 5.74) is 2.55. The standard InChI is InChI=1S/C17H26N2O2/c1-6-15(11-20)18-16(21)19-17(4,5)14-9-7-8-13(10-14)12(2)3/h7-10,15,20H,2,6,11H2,1,3-5H3,(H2,18,19,21)/t15-/m1/s1. The third-order valence-corrected chi connectivity index (χ3v) is 3.55. The number of carbonyl (C=O) groups is 1. The maximum Gasteiger partial charge on any atom is 0.315 e. The van der Waals surface area contributed by atoms with Gasteiger partial charge in [0.2, 0.25) is 0 Å². The topological polar surface area (TPSA) is 61.4 Å². The average molecular weight is 290 g/mol. The molecule has 0 aliphatic heterocycles. The molecule has 4 heteroatoms. The van der Waals surface area contributed by atoms with Crippen molar-refractivity contribution in [3.8, 4) is 0 Å². The molecule has 0 fully saturated rings.